The first-order chi connectivity index (χ1) is 22.7. The summed E-state index contributed by atoms with van der Waals surface area (Å²) < 4.78 is 118. The largest absolute Gasteiger partial charge is 4.00 e. The van der Waals surface area contributed by atoms with Crippen LogP contribution in [0, 0.1) is 0 Å². The Labute approximate surface area is 358 Å². The zero-order chi connectivity index (χ0) is 41.7. The third-order valence-corrected chi connectivity index (χ3v) is 8.15. The number of phenolic OH excluding ortho intramolecular Hbond substituents is 2. The quantitative estimate of drug-likeness (QED) is 0.113. The number of phenols is 2. The molecule has 0 bridgehead atoms. The van der Waals surface area contributed by atoms with Crippen LogP contribution in [0.3, 0.4) is 0 Å². The summed E-state index contributed by atoms with van der Waals surface area (Å²) in [5.41, 5.74) is -6.02. The molecule has 0 aliphatic heterocycles. The van der Waals surface area contributed by atoms with Gasteiger partial charge in [-0.1, -0.05) is 95.2 Å². The molecular formula is C34H48Br2F6N2O8S2Sn. The molecule has 0 atom stereocenters. The van der Waals surface area contributed by atoms with Crippen LogP contribution < -0.4 is 34.0 Å². The van der Waals surface area contributed by atoms with Gasteiger partial charge in [0.1, 0.15) is 11.5 Å². The van der Waals surface area contributed by atoms with Gasteiger partial charge in [0.15, 0.2) is 20.2 Å². The van der Waals surface area contributed by atoms with Gasteiger partial charge in [0.05, 0.1) is 13.1 Å². The first kappa shape index (κ1) is 60.2. The monoisotopic (exact) mass is 1070 g/mol. The van der Waals surface area contributed by atoms with Crippen molar-refractivity contribution >= 4 is 56.6 Å². The first-order valence-corrected chi connectivity index (χ1v) is 18.3. The molecule has 0 aliphatic rings. The Morgan fingerprint density at radius 2 is 0.764 bits per heavy atom. The van der Waals surface area contributed by atoms with E-state index in [2.05, 4.69) is 105 Å². The van der Waals surface area contributed by atoms with Gasteiger partial charge in [0, 0.05) is 34.7 Å². The van der Waals surface area contributed by atoms with Crippen molar-refractivity contribution in [1.29, 1.82) is 0 Å². The predicted octanol–water partition coefficient (Wildman–Crippen LogP) is 1.56. The van der Waals surface area contributed by atoms with E-state index < -0.39 is 31.3 Å². The molecule has 10 nitrogen and oxygen atoms in total. The minimum atomic E-state index is -6.09. The summed E-state index contributed by atoms with van der Waals surface area (Å²) in [5.74, 6) is 0.586. The Kier molecular flexibility index (Phi) is 23.6. The Morgan fingerprint density at radius 1 is 0.545 bits per heavy atom. The number of rotatable bonds is 5. The van der Waals surface area contributed by atoms with Gasteiger partial charge in [-0.3, -0.25) is 9.98 Å². The van der Waals surface area contributed by atoms with E-state index in [-0.39, 0.29) is 79.5 Å². The summed E-state index contributed by atoms with van der Waals surface area (Å²) in [6, 6.07) is 8.28. The molecule has 0 amide bonds. The molecule has 0 heterocycles. The van der Waals surface area contributed by atoms with Gasteiger partial charge in [-0.2, -0.15) is 26.3 Å². The van der Waals surface area contributed by atoms with E-state index in [1.165, 1.54) is 11.1 Å². The van der Waals surface area contributed by atoms with E-state index in [0.29, 0.717) is 24.6 Å². The molecule has 2 aromatic carbocycles. The van der Waals surface area contributed by atoms with Crippen molar-refractivity contribution < 1.29 is 96.5 Å². The van der Waals surface area contributed by atoms with Gasteiger partial charge in [-0.25, -0.2) is 16.8 Å². The Morgan fingerprint density at radius 3 is 0.927 bits per heavy atom. The van der Waals surface area contributed by atoms with E-state index in [1.807, 2.05) is 12.1 Å². The molecule has 2 rings (SSSR count). The number of hydrogen-bond donors (Lipinski definition) is 2. The topological polar surface area (TPSA) is 180 Å². The summed E-state index contributed by atoms with van der Waals surface area (Å²) in [7, 11) is -12.2. The van der Waals surface area contributed by atoms with E-state index in [9.17, 15) is 36.6 Å². The summed E-state index contributed by atoms with van der Waals surface area (Å²) >= 11 is 0. The molecule has 0 unspecified atom stereocenters. The van der Waals surface area contributed by atoms with Crippen LogP contribution in [0.1, 0.15) is 116 Å². The molecule has 0 spiro atoms. The molecule has 21 heteroatoms. The summed E-state index contributed by atoms with van der Waals surface area (Å²) in [5, 5.41) is 21.9. The Bertz CT molecular complexity index is 1690. The van der Waals surface area contributed by atoms with E-state index >= 15 is 0 Å². The molecule has 314 valence electrons. The van der Waals surface area contributed by atoms with Gasteiger partial charge >= 0.3 is 34.9 Å². The Balaban J connectivity index is -0.000000573. The Hall–Kier alpha value is -1.46. The van der Waals surface area contributed by atoms with Gasteiger partial charge in [0.2, 0.25) is 0 Å². The van der Waals surface area contributed by atoms with Crippen LogP contribution in [0.25, 0.3) is 0 Å². The third kappa shape index (κ3) is 20.2. The third-order valence-electron chi connectivity index (χ3n) is 7.01. The van der Waals surface area contributed by atoms with Crippen LogP contribution in [0.4, 0.5) is 26.3 Å². The molecule has 0 aliphatic carbocycles. The minimum Gasteiger partial charge on any atom is -1.00 e. The second-order valence-corrected chi connectivity index (χ2v) is 18.5. The number of hydrogen-bond acceptors (Lipinski definition) is 10. The fraction of sp³-hybridized carbons (Fsp3) is 0.588. The number of nitrogens with zero attached hydrogens (tertiary/aromatic N) is 2. The molecule has 0 radical (unpaired) electrons. The maximum Gasteiger partial charge on any atom is 4.00 e. The first-order valence-electron chi connectivity index (χ1n) is 15.5. The molecule has 0 fully saturated rings. The normalized spacial score (nSPS) is 13.1. The maximum absolute atomic E-state index is 10.9. The van der Waals surface area contributed by atoms with Crippen molar-refractivity contribution in [2.75, 3.05) is 13.1 Å². The van der Waals surface area contributed by atoms with E-state index in [1.54, 1.807) is 12.4 Å². The molecule has 2 N–H and O–H groups in total. The fourth-order valence-corrected chi connectivity index (χ4v) is 3.96. The zero-order valence-corrected chi connectivity index (χ0v) is 40.1. The number of aliphatic imine (C=N–C) groups is 2. The van der Waals surface area contributed by atoms with Crippen molar-refractivity contribution in [2.45, 2.75) is 116 Å². The van der Waals surface area contributed by atoms with E-state index in [4.69, 9.17) is 25.9 Å². The predicted molar refractivity (Wildman–Crippen MR) is 193 cm³/mol. The molecule has 0 saturated heterocycles. The van der Waals surface area contributed by atoms with Gasteiger partial charge in [0.25, 0.3) is 0 Å². The maximum atomic E-state index is 10.9. The van der Waals surface area contributed by atoms with Crippen LogP contribution >= 0.6 is 0 Å². The van der Waals surface area contributed by atoms with Crippen molar-refractivity contribution in [2.24, 2.45) is 9.98 Å². The van der Waals surface area contributed by atoms with Crippen LogP contribution in [-0.2, 0) is 41.9 Å². The summed E-state index contributed by atoms with van der Waals surface area (Å²) in [4.78, 5) is 9.11. The average molecular weight is 1070 g/mol. The van der Waals surface area contributed by atoms with Crippen LogP contribution in [0.2, 0.25) is 0 Å². The smallest absolute Gasteiger partial charge is 1.00 e. The van der Waals surface area contributed by atoms with Crippen molar-refractivity contribution in [3.8, 4) is 11.5 Å². The van der Waals surface area contributed by atoms with Crippen LogP contribution in [0.15, 0.2) is 34.3 Å². The molecule has 0 saturated carbocycles. The minimum absolute atomic E-state index is 0. The van der Waals surface area contributed by atoms with Crippen LogP contribution in [-0.4, -0.2) is 96.6 Å². The molecule has 55 heavy (non-hydrogen) atoms. The fourth-order valence-electron chi connectivity index (χ4n) is 3.96. The number of benzene rings is 2. The number of alkyl halides is 6. The standard InChI is InChI=1S/C32H48N2O2.2CHF3O3S.2BrH.Sn/c1-29(2,3)23-15-21(27(35)25(17-23)31(7,8)9)19-33-13-14-34-20-22-16-24(30(4,5)6)18-26(28(22)36)32(10,11)12;2*2-1(3,4)8(5,6)7;;;/h15-20,35-36H,13-14H2,1-12H3;2*(H,5,6,7);2*1H;/q;;;;;+4/p-4. The van der Waals surface area contributed by atoms with Crippen molar-refractivity contribution in [3.63, 3.8) is 0 Å². The zero-order valence-electron chi connectivity index (χ0n) is 32.5. The van der Waals surface area contributed by atoms with Crippen molar-refractivity contribution in [3.05, 3.63) is 57.6 Å². The second kappa shape index (κ2) is 21.5. The molecular weight excluding hydrogens is 1020 g/mol. The van der Waals surface area contributed by atoms with Crippen LogP contribution in [0.5, 0.6) is 11.5 Å². The molecule has 0 aromatic heterocycles. The summed E-state index contributed by atoms with van der Waals surface area (Å²) in [6.45, 7) is 26.7. The average Bonchev–Trinajstić information content (AvgIpc) is 2.88. The second-order valence-electron chi connectivity index (χ2n) is 15.8. The van der Waals surface area contributed by atoms with Gasteiger partial charge < -0.3 is 53.3 Å². The number of aromatic hydroxyl groups is 2. The number of halogens is 8. The van der Waals surface area contributed by atoms with Gasteiger partial charge in [-0.05, 0) is 44.9 Å². The van der Waals surface area contributed by atoms with Gasteiger partial charge in [-0.15, -0.1) is 0 Å². The van der Waals surface area contributed by atoms with Crippen molar-refractivity contribution in [1.82, 2.24) is 0 Å². The summed E-state index contributed by atoms with van der Waals surface area (Å²) in [6.07, 6.45) is 3.51. The SMILES string of the molecule is CC(C)(C)c1cc(C=NCCN=Cc2cc(C(C)(C)C)cc(C(C)(C)C)c2O)c(O)c(C(C)(C)C)c1.O=S(=O)([O-])C(F)(F)F.O=S(=O)([O-])C(F)(F)F.[Br-].[Br-].[Sn+4]. The molecule has 2 aromatic rings. The van der Waals surface area contributed by atoms with E-state index in [0.717, 1.165) is 22.3 Å².